The van der Waals surface area contributed by atoms with Crippen LogP contribution in [0.3, 0.4) is 0 Å². The first-order valence-corrected chi connectivity index (χ1v) is 21.4. The van der Waals surface area contributed by atoms with Gasteiger partial charge in [0.1, 0.15) is 28.3 Å². The molecule has 1 saturated heterocycles. The van der Waals surface area contributed by atoms with E-state index in [-0.39, 0.29) is 36.9 Å². The Hall–Kier alpha value is -5.61. The molecule has 2 fully saturated rings. The second-order valence-electron chi connectivity index (χ2n) is 16.0. The maximum absolute atomic E-state index is 13.6. The fourth-order valence-electron chi connectivity index (χ4n) is 8.86. The minimum absolute atomic E-state index is 0.135. The SMILES string of the molecule is Cc1c(C#Cc2ccc(CN3CCC(CCc4cccc5c4C(=O)N(C4CCC(=O)CC4=O)C5=O)CC3)cn2)sc2c1C(c1ccc(Cl)cc1)=N[C@@H](C)c1nnc(C)n1-2. The standard InChI is InChI=1S/C46H42ClN7O4S/c1-26-39(59-46-40(26)42(32-10-12-33(47)13-11-32)49-27(2)43-51-50-28(3)53(43)46)18-15-34-14-8-30(24-48-34)25-52-21-19-29(20-22-52)7-9-31-5-4-6-36-41(31)45(58)54(44(36)57)37-17-16-35(55)23-38(37)56/h4-6,8,10-14,24,27,29,37H,7,9,16-17,19-23,25H2,1-3H3/t27-,37?/m0/s1. The zero-order valence-electron chi connectivity index (χ0n) is 33.1. The van der Waals surface area contributed by atoms with Crippen molar-refractivity contribution in [1.82, 2.24) is 29.5 Å². The third kappa shape index (κ3) is 7.37. The number of aromatic nitrogens is 4. The summed E-state index contributed by atoms with van der Waals surface area (Å²) in [5.41, 5.74) is 7.43. The van der Waals surface area contributed by atoms with E-state index in [0.29, 0.717) is 34.2 Å². The summed E-state index contributed by atoms with van der Waals surface area (Å²) in [6, 6.07) is 16.3. The number of carbonyl (C=O) groups excluding carboxylic acids is 4. The normalized spacial score (nSPS) is 19.5. The number of Topliss-reactive ketones (excluding diaryl/α,β-unsaturated/α-hetero) is 2. The number of piperidine rings is 1. The van der Waals surface area contributed by atoms with Gasteiger partial charge < -0.3 is 0 Å². The van der Waals surface area contributed by atoms with Gasteiger partial charge in [-0.05, 0) is 125 Å². The van der Waals surface area contributed by atoms with Crippen LogP contribution in [0.5, 0.6) is 0 Å². The number of fused-ring (bicyclic) bond motifs is 4. The summed E-state index contributed by atoms with van der Waals surface area (Å²) in [6.07, 6.45) is 5.81. The van der Waals surface area contributed by atoms with E-state index in [1.165, 1.54) is 0 Å². The van der Waals surface area contributed by atoms with Crippen molar-refractivity contribution in [2.75, 3.05) is 13.1 Å². The van der Waals surface area contributed by atoms with Gasteiger partial charge in [-0.2, -0.15) is 0 Å². The van der Waals surface area contributed by atoms with E-state index in [1.54, 1.807) is 17.4 Å². The molecule has 9 rings (SSSR count). The summed E-state index contributed by atoms with van der Waals surface area (Å²) in [5.74, 6) is 7.51. The number of halogens is 1. The van der Waals surface area contributed by atoms with Gasteiger partial charge in [-0.1, -0.05) is 41.9 Å². The molecule has 59 heavy (non-hydrogen) atoms. The number of thiophene rings is 1. The molecule has 0 radical (unpaired) electrons. The van der Waals surface area contributed by atoms with Gasteiger partial charge in [0.15, 0.2) is 11.6 Å². The molecule has 4 aliphatic rings. The zero-order chi connectivity index (χ0) is 40.9. The number of hydrogen-bond acceptors (Lipinski definition) is 10. The smallest absolute Gasteiger partial charge is 0.262 e. The summed E-state index contributed by atoms with van der Waals surface area (Å²) in [7, 11) is 0. The number of carbonyl (C=O) groups is 4. The Morgan fingerprint density at radius 1 is 0.898 bits per heavy atom. The number of benzene rings is 2. The van der Waals surface area contributed by atoms with Gasteiger partial charge in [0.25, 0.3) is 11.8 Å². The molecule has 0 bridgehead atoms. The van der Waals surface area contributed by atoms with E-state index in [9.17, 15) is 19.2 Å². The molecule has 298 valence electrons. The van der Waals surface area contributed by atoms with E-state index in [1.807, 2.05) is 62.5 Å². The lowest BCUT2D eigenvalue weighted by molar-refractivity contribution is -0.132. The predicted octanol–water partition coefficient (Wildman–Crippen LogP) is 7.44. The molecule has 3 aliphatic heterocycles. The summed E-state index contributed by atoms with van der Waals surface area (Å²) >= 11 is 7.86. The van der Waals surface area contributed by atoms with Crippen LogP contribution in [-0.2, 0) is 22.6 Å². The number of hydrogen-bond donors (Lipinski definition) is 0. The minimum Gasteiger partial charge on any atom is -0.299 e. The van der Waals surface area contributed by atoms with Crippen molar-refractivity contribution < 1.29 is 19.2 Å². The van der Waals surface area contributed by atoms with E-state index in [4.69, 9.17) is 21.6 Å². The van der Waals surface area contributed by atoms with Crippen molar-refractivity contribution in [1.29, 1.82) is 0 Å². The molecule has 6 heterocycles. The van der Waals surface area contributed by atoms with Crippen molar-refractivity contribution >= 4 is 52.0 Å². The number of amides is 2. The molecule has 1 saturated carbocycles. The first-order chi connectivity index (χ1) is 28.5. The number of pyridine rings is 1. The highest BCUT2D eigenvalue weighted by atomic mass is 35.5. The molecule has 13 heteroatoms. The molecular formula is C46H42ClN7O4S. The Balaban J connectivity index is 0.828. The number of nitrogens with zero attached hydrogens (tertiary/aromatic N) is 7. The average Bonchev–Trinajstić information content (AvgIpc) is 3.83. The highest BCUT2D eigenvalue weighted by Crippen LogP contribution is 2.39. The van der Waals surface area contributed by atoms with Gasteiger partial charge >= 0.3 is 0 Å². The lowest BCUT2D eigenvalue weighted by Crippen LogP contribution is -2.47. The summed E-state index contributed by atoms with van der Waals surface area (Å²) in [5, 5.41) is 10.5. The van der Waals surface area contributed by atoms with E-state index in [2.05, 4.69) is 44.5 Å². The molecule has 3 aromatic heterocycles. The van der Waals surface area contributed by atoms with Crippen LogP contribution in [-0.4, -0.2) is 77.8 Å². The molecular weight excluding hydrogens is 782 g/mol. The lowest BCUT2D eigenvalue weighted by Gasteiger charge is -2.32. The van der Waals surface area contributed by atoms with Crippen LogP contribution in [0.2, 0.25) is 5.02 Å². The number of likely N-dealkylation sites (tertiary alicyclic amines) is 1. The topological polar surface area (TPSA) is 131 Å². The second kappa shape index (κ2) is 15.9. The largest absolute Gasteiger partial charge is 0.299 e. The monoisotopic (exact) mass is 823 g/mol. The van der Waals surface area contributed by atoms with Gasteiger partial charge in [0.2, 0.25) is 0 Å². The Morgan fingerprint density at radius 3 is 2.44 bits per heavy atom. The Labute approximate surface area is 351 Å². The van der Waals surface area contributed by atoms with Crippen molar-refractivity contribution in [3.63, 3.8) is 0 Å². The van der Waals surface area contributed by atoms with Crippen molar-refractivity contribution in [3.05, 3.63) is 127 Å². The molecule has 1 unspecified atom stereocenters. The van der Waals surface area contributed by atoms with Crippen LogP contribution in [0.25, 0.3) is 5.00 Å². The Morgan fingerprint density at radius 2 is 1.69 bits per heavy atom. The van der Waals surface area contributed by atoms with Crippen molar-refractivity contribution in [3.8, 4) is 16.8 Å². The van der Waals surface area contributed by atoms with Gasteiger partial charge in [0, 0.05) is 35.3 Å². The lowest BCUT2D eigenvalue weighted by atomic mass is 9.88. The number of aryl methyl sites for hydroxylation is 2. The van der Waals surface area contributed by atoms with Crippen molar-refractivity contribution in [2.45, 2.75) is 84.3 Å². The molecule has 0 N–H and O–H groups in total. The fraction of sp³-hybridized carbons (Fsp3) is 0.348. The van der Waals surface area contributed by atoms with Crippen LogP contribution in [0, 0.1) is 31.6 Å². The molecule has 2 atom stereocenters. The van der Waals surface area contributed by atoms with Crippen molar-refractivity contribution in [2.24, 2.45) is 10.9 Å². The second-order valence-corrected chi connectivity index (χ2v) is 17.4. The Bertz CT molecular complexity index is 2630. The summed E-state index contributed by atoms with van der Waals surface area (Å²) in [4.78, 5) is 65.6. The highest BCUT2D eigenvalue weighted by molar-refractivity contribution is 7.15. The fourth-order valence-corrected chi connectivity index (χ4v) is 10.2. The zero-order valence-corrected chi connectivity index (χ0v) is 34.7. The van der Waals surface area contributed by atoms with Crippen LogP contribution < -0.4 is 0 Å². The van der Waals surface area contributed by atoms with Crippen LogP contribution in [0.15, 0.2) is 65.8 Å². The predicted molar refractivity (Wildman–Crippen MR) is 225 cm³/mol. The molecule has 2 aromatic carbocycles. The highest BCUT2D eigenvalue weighted by Gasteiger charge is 2.45. The Kier molecular flexibility index (Phi) is 10.5. The molecule has 5 aromatic rings. The van der Waals surface area contributed by atoms with Gasteiger partial charge in [-0.3, -0.25) is 38.5 Å². The third-order valence-corrected chi connectivity index (χ3v) is 13.5. The molecule has 2 amide bonds. The molecule has 1 aliphatic carbocycles. The van der Waals surface area contributed by atoms with Crippen LogP contribution in [0.4, 0.5) is 0 Å². The average molecular weight is 824 g/mol. The first-order valence-electron chi connectivity index (χ1n) is 20.2. The van der Waals surface area contributed by atoms with E-state index in [0.717, 1.165) is 98.9 Å². The third-order valence-electron chi connectivity index (χ3n) is 12.1. The van der Waals surface area contributed by atoms with E-state index < -0.39 is 17.9 Å². The molecule has 11 nitrogen and oxygen atoms in total. The maximum Gasteiger partial charge on any atom is 0.262 e. The number of rotatable bonds is 7. The summed E-state index contributed by atoms with van der Waals surface area (Å²) in [6.45, 7) is 8.82. The molecule has 0 spiro atoms. The van der Waals surface area contributed by atoms with Gasteiger partial charge in [0.05, 0.1) is 34.2 Å². The van der Waals surface area contributed by atoms with Crippen LogP contribution in [0.1, 0.15) is 122 Å². The van der Waals surface area contributed by atoms with Gasteiger partial charge in [-0.15, -0.1) is 21.5 Å². The number of aliphatic imine (C=N–C) groups is 1. The van der Waals surface area contributed by atoms with Crippen LogP contribution >= 0.6 is 22.9 Å². The first kappa shape index (κ1) is 38.9. The maximum atomic E-state index is 13.6. The quantitative estimate of drug-likeness (QED) is 0.0941. The number of ketones is 2. The summed E-state index contributed by atoms with van der Waals surface area (Å²) < 4.78 is 2.10. The van der Waals surface area contributed by atoms with E-state index >= 15 is 0 Å². The van der Waals surface area contributed by atoms with Gasteiger partial charge in [-0.25, -0.2) is 4.98 Å². The number of imide groups is 1. The minimum atomic E-state index is -0.854.